The topological polar surface area (TPSA) is 18.5 Å². The Morgan fingerprint density at radius 1 is 0.895 bits per heavy atom. The highest BCUT2D eigenvalue weighted by molar-refractivity contribution is 9.10. The maximum absolute atomic E-state index is 5.75. The monoisotopic (exact) mass is 384 g/mol. The van der Waals surface area contributed by atoms with Gasteiger partial charge in [-0.15, -0.1) is 0 Å². The molecule has 0 saturated carbocycles. The minimum absolute atomic E-state index is 0.541. The zero-order valence-corrected chi connectivity index (χ0v) is 13.7. The summed E-state index contributed by atoms with van der Waals surface area (Å²) in [6, 6.07) is 13.9. The van der Waals surface area contributed by atoms with Crippen LogP contribution in [0.15, 0.2) is 51.4 Å². The Bertz CT molecular complexity index is 556. The zero-order chi connectivity index (χ0) is 13.7. The second-order valence-electron chi connectivity index (χ2n) is 4.04. The Kier molecular flexibility index (Phi) is 5.43. The first-order chi connectivity index (χ1) is 9.20. The van der Waals surface area contributed by atoms with E-state index in [0.29, 0.717) is 13.2 Å². The van der Waals surface area contributed by atoms with Crippen molar-refractivity contribution < 1.29 is 9.47 Å². The van der Waals surface area contributed by atoms with E-state index in [1.165, 1.54) is 0 Å². The van der Waals surface area contributed by atoms with Crippen molar-refractivity contribution in [2.45, 2.75) is 13.2 Å². The Balaban J connectivity index is 1.98. The third kappa shape index (κ3) is 4.06. The molecule has 0 unspecified atom stereocenters. The van der Waals surface area contributed by atoms with Crippen LogP contribution in [0.4, 0.5) is 0 Å². The molecule has 0 heterocycles. The predicted molar refractivity (Wildman–Crippen MR) is 83.3 cm³/mol. The standard InChI is InChI=1S/C15H14Br2O2/c1-18-13-6-7-15(17)12(8-13)10-19-9-11-4-2-3-5-14(11)16/h2-8H,9-10H2,1H3. The maximum Gasteiger partial charge on any atom is 0.119 e. The van der Waals surface area contributed by atoms with Crippen LogP contribution in [0.2, 0.25) is 0 Å². The van der Waals surface area contributed by atoms with Crippen LogP contribution in [0.5, 0.6) is 5.75 Å². The molecular weight excluding hydrogens is 372 g/mol. The van der Waals surface area contributed by atoms with Gasteiger partial charge in [-0.3, -0.25) is 0 Å². The normalized spacial score (nSPS) is 10.5. The van der Waals surface area contributed by atoms with Gasteiger partial charge < -0.3 is 9.47 Å². The van der Waals surface area contributed by atoms with Crippen molar-refractivity contribution in [1.29, 1.82) is 0 Å². The summed E-state index contributed by atoms with van der Waals surface area (Å²) < 4.78 is 13.1. The average molecular weight is 386 g/mol. The highest BCUT2D eigenvalue weighted by Crippen LogP contribution is 2.24. The molecule has 0 amide bonds. The number of halogens is 2. The molecule has 0 N–H and O–H groups in total. The van der Waals surface area contributed by atoms with Gasteiger partial charge in [-0.05, 0) is 35.4 Å². The third-order valence-electron chi connectivity index (χ3n) is 2.73. The van der Waals surface area contributed by atoms with Crippen LogP contribution >= 0.6 is 31.9 Å². The SMILES string of the molecule is COc1ccc(Br)c(COCc2ccccc2Br)c1. The Hall–Kier alpha value is -0.840. The van der Waals surface area contributed by atoms with E-state index < -0.39 is 0 Å². The lowest BCUT2D eigenvalue weighted by molar-refractivity contribution is 0.106. The first-order valence-corrected chi connectivity index (χ1v) is 7.43. The summed E-state index contributed by atoms with van der Waals surface area (Å²) in [5.74, 6) is 0.836. The quantitative estimate of drug-likeness (QED) is 0.725. The van der Waals surface area contributed by atoms with Crippen LogP contribution in [-0.4, -0.2) is 7.11 Å². The van der Waals surface area contributed by atoms with Crippen molar-refractivity contribution in [3.05, 3.63) is 62.5 Å². The molecule has 0 aliphatic carbocycles. The molecule has 0 aliphatic heterocycles. The first-order valence-electron chi connectivity index (χ1n) is 5.84. The van der Waals surface area contributed by atoms with E-state index in [2.05, 4.69) is 31.9 Å². The molecule has 0 saturated heterocycles. The molecule has 0 atom stereocenters. The average Bonchev–Trinajstić information content (AvgIpc) is 2.43. The van der Waals surface area contributed by atoms with Crippen LogP contribution < -0.4 is 4.74 Å². The van der Waals surface area contributed by atoms with E-state index in [-0.39, 0.29) is 0 Å². The zero-order valence-electron chi connectivity index (χ0n) is 10.5. The summed E-state index contributed by atoms with van der Waals surface area (Å²) in [5.41, 5.74) is 2.22. The van der Waals surface area contributed by atoms with Crippen molar-refractivity contribution in [3.8, 4) is 5.75 Å². The van der Waals surface area contributed by atoms with Crippen LogP contribution in [0.1, 0.15) is 11.1 Å². The van der Waals surface area contributed by atoms with E-state index in [4.69, 9.17) is 9.47 Å². The summed E-state index contributed by atoms with van der Waals surface area (Å²) in [7, 11) is 1.66. The van der Waals surface area contributed by atoms with Gasteiger partial charge in [-0.1, -0.05) is 50.1 Å². The molecule has 2 nitrogen and oxygen atoms in total. The Labute approximate surface area is 130 Å². The van der Waals surface area contributed by atoms with Gasteiger partial charge in [0.25, 0.3) is 0 Å². The molecule has 2 aromatic rings. The highest BCUT2D eigenvalue weighted by atomic mass is 79.9. The minimum Gasteiger partial charge on any atom is -0.497 e. The fraction of sp³-hybridized carbons (Fsp3) is 0.200. The van der Waals surface area contributed by atoms with Crippen LogP contribution in [0.3, 0.4) is 0 Å². The number of ether oxygens (including phenoxy) is 2. The minimum atomic E-state index is 0.541. The fourth-order valence-corrected chi connectivity index (χ4v) is 2.44. The van der Waals surface area contributed by atoms with E-state index >= 15 is 0 Å². The van der Waals surface area contributed by atoms with Gasteiger partial charge in [-0.2, -0.15) is 0 Å². The largest absolute Gasteiger partial charge is 0.497 e. The number of hydrogen-bond donors (Lipinski definition) is 0. The van der Waals surface area contributed by atoms with Crippen LogP contribution in [0.25, 0.3) is 0 Å². The van der Waals surface area contributed by atoms with E-state index in [1.807, 2.05) is 42.5 Å². The summed E-state index contributed by atoms with van der Waals surface area (Å²) in [6.07, 6.45) is 0. The summed E-state index contributed by atoms with van der Waals surface area (Å²) >= 11 is 7.03. The van der Waals surface area contributed by atoms with Crippen LogP contribution in [0, 0.1) is 0 Å². The molecule has 19 heavy (non-hydrogen) atoms. The lowest BCUT2D eigenvalue weighted by Gasteiger charge is -2.09. The molecule has 0 aromatic heterocycles. The molecule has 0 aliphatic rings. The van der Waals surface area contributed by atoms with Crippen molar-refractivity contribution in [1.82, 2.24) is 0 Å². The molecule has 2 aromatic carbocycles. The molecule has 0 radical (unpaired) electrons. The molecular formula is C15H14Br2O2. The number of rotatable bonds is 5. The molecule has 0 fully saturated rings. The molecule has 2 rings (SSSR count). The molecule has 4 heteroatoms. The van der Waals surface area contributed by atoms with Crippen molar-refractivity contribution in [3.63, 3.8) is 0 Å². The van der Waals surface area contributed by atoms with E-state index in [0.717, 1.165) is 25.8 Å². The summed E-state index contributed by atoms with van der Waals surface area (Å²) in [4.78, 5) is 0. The lowest BCUT2D eigenvalue weighted by atomic mass is 10.2. The van der Waals surface area contributed by atoms with Gasteiger partial charge in [0.05, 0.1) is 20.3 Å². The van der Waals surface area contributed by atoms with Crippen molar-refractivity contribution in [2.75, 3.05) is 7.11 Å². The van der Waals surface area contributed by atoms with Gasteiger partial charge in [0, 0.05) is 8.95 Å². The summed E-state index contributed by atoms with van der Waals surface area (Å²) in [6.45, 7) is 1.12. The number of methoxy groups -OCH3 is 1. The summed E-state index contributed by atoms with van der Waals surface area (Å²) in [5, 5.41) is 0. The first kappa shape index (κ1) is 14.6. The van der Waals surface area contributed by atoms with Gasteiger partial charge in [0.15, 0.2) is 0 Å². The fourth-order valence-electron chi connectivity index (χ4n) is 1.68. The van der Waals surface area contributed by atoms with E-state index in [1.54, 1.807) is 7.11 Å². The van der Waals surface area contributed by atoms with Crippen LogP contribution in [-0.2, 0) is 18.0 Å². The third-order valence-corrected chi connectivity index (χ3v) is 4.27. The predicted octanol–water partition coefficient (Wildman–Crippen LogP) is 4.94. The molecule has 100 valence electrons. The van der Waals surface area contributed by atoms with Crippen molar-refractivity contribution in [2.24, 2.45) is 0 Å². The van der Waals surface area contributed by atoms with Gasteiger partial charge >= 0.3 is 0 Å². The van der Waals surface area contributed by atoms with Gasteiger partial charge in [0.1, 0.15) is 5.75 Å². The van der Waals surface area contributed by atoms with Gasteiger partial charge in [-0.25, -0.2) is 0 Å². The Morgan fingerprint density at radius 3 is 2.32 bits per heavy atom. The second kappa shape index (κ2) is 7.08. The highest BCUT2D eigenvalue weighted by Gasteiger charge is 2.04. The molecule has 0 bridgehead atoms. The maximum atomic E-state index is 5.75. The van der Waals surface area contributed by atoms with E-state index in [9.17, 15) is 0 Å². The second-order valence-corrected chi connectivity index (χ2v) is 5.75. The Morgan fingerprint density at radius 2 is 1.58 bits per heavy atom. The lowest BCUT2D eigenvalue weighted by Crippen LogP contribution is -1.96. The van der Waals surface area contributed by atoms with Crippen molar-refractivity contribution >= 4 is 31.9 Å². The number of benzene rings is 2. The number of hydrogen-bond acceptors (Lipinski definition) is 2. The molecule has 0 spiro atoms. The smallest absolute Gasteiger partial charge is 0.119 e. The van der Waals surface area contributed by atoms with Gasteiger partial charge in [0.2, 0.25) is 0 Å².